The van der Waals surface area contributed by atoms with Crippen molar-refractivity contribution in [3.8, 4) is 0 Å². The van der Waals surface area contributed by atoms with Gasteiger partial charge in [-0.3, -0.25) is 19.8 Å². The second-order valence-corrected chi connectivity index (χ2v) is 6.85. The Hall–Kier alpha value is -2.48. The Labute approximate surface area is 162 Å². The van der Waals surface area contributed by atoms with E-state index in [1.165, 1.54) is 17.0 Å². The molecule has 0 bridgehead atoms. The minimum atomic E-state index is -0.458. The lowest BCUT2D eigenvalue weighted by Gasteiger charge is -2.37. The summed E-state index contributed by atoms with van der Waals surface area (Å²) in [5.74, 6) is -0.0807. The Morgan fingerprint density at radius 3 is 2.67 bits per heavy atom. The number of nitro groups is 1. The van der Waals surface area contributed by atoms with Crippen molar-refractivity contribution in [1.82, 2.24) is 10.2 Å². The Morgan fingerprint density at radius 2 is 2.00 bits per heavy atom. The molecule has 0 aliphatic carbocycles. The molecule has 1 unspecified atom stereocenters. The lowest BCUT2D eigenvalue weighted by molar-refractivity contribution is -0.384. The molecule has 1 fully saturated rings. The van der Waals surface area contributed by atoms with Crippen LogP contribution in [0.3, 0.4) is 0 Å². The number of nitrogens with one attached hydrogen (secondary N) is 1. The maximum Gasteiger partial charge on any atom is 0.269 e. The molecule has 1 N–H and O–H groups in total. The van der Waals surface area contributed by atoms with Crippen molar-refractivity contribution in [3.05, 3.63) is 69.2 Å². The van der Waals surface area contributed by atoms with E-state index < -0.39 is 4.92 Å². The van der Waals surface area contributed by atoms with Gasteiger partial charge < -0.3 is 10.2 Å². The highest BCUT2D eigenvalue weighted by atomic mass is 35.5. The number of anilines is 1. The highest BCUT2D eigenvalue weighted by molar-refractivity contribution is 6.31. The van der Waals surface area contributed by atoms with E-state index in [2.05, 4.69) is 10.2 Å². The van der Waals surface area contributed by atoms with Crippen LogP contribution in [0.5, 0.6) is 0 Å². The molecule has 2 aromatic rings. The summed E-state index contributed by atoms with van der Waals surface area (Å²) in [5.41, 5.74) is 1.62. The molecule has 27 heavy (non-hydrogen) atoms. The van der Waals surface area contributed by atoms with Crippen LogP contribution in [-0.2, 0) is 4.79 Å². The topological polar surface area (TPSA) is 78.7 Å². The van der Waals surface area contributed by atoms with Gasteiger partial charge >= 0.3 is 0 Å². The zero-order valence-electron chi connectivity index (χ0n) is 15.0. The fourth-order valence-corrected chi connectivity index (χ4v) is 3.47. The maximum atomic E-state index is 12.8. The van der Waals surface area contributed by atoms with E-state index >= 15 is 0 Å². The fraction of sp³-hybridized carbons (Fsp3) is 0.316. The van der Waals surface area contributed by atoms with Crippen molar-refractivity contribution in [2.75, 3.05) is 38.1 Å². The number of likely N-dealkylation sites (N-methyl/N-ethyl adjacent to an activating group) is 1. The number of benzene rings is 2. The number of nitro benzene ring substituents is 1. The molecule has 2 aromatic carbocycles. The van der Waals surface area contributed by atoms with Crippen LogP contribution < -0.4 is 10.2 Å². The van der Waals surface area contributed by atoms with Crippen LogP contribution in [0.15, 0.2) is 48.5 Å². The van der Waals surface area contributed by atoms with Gasteiger partial charge in [0.2, 0.25) is 5.91 Å². The molecule has 0 radical (unpaired) electrons. The molecule has 0 aromatic heterocycles. The maximum absolute atomic E-state index is 12.8. The summed E-state index contributed by atoms with van der Waals surface area (Å²) < 4.78 is 0. The summed E-state index contributed by atoms with van der Waals surface area (Å²) in [5, 5.41) is 14.8. The van der Waals surface area contributed by atoms with Crippen LogP contribution in [0.2, 0.25) is 5.02 Å². The van der Waals surface area contributed by atoms with E-state index in [4.69, 9.17) is 11.6 Å². The number of piperazine rings is 1. The first-order chi connectivity index (χ1) is 13.0. The van der Waals surface area contributed by atoms with Crippen LogP contribution >= 0.6 is 11.6 Å². The summed E-state index contributed by atoms with van der Waals surface area (Å²) in [6, 6.07) is 13.7. The van der Waals surface area contributed by atoms with Gasteiger partial charge in [0.05, 0.1) is 11.5 Å². The van der Waals surface area contributed by atoms with Gasteiger partial charge in [0.15, 0.2) is 0 Å². The highest BCUT2D eigenvalue weighted by Gasteiger charge is 2.28. The largest absolute Gasteiger partial charge is 0.314 e. The van der Waals surface area contributed by atoms with E-state index in [9.17, 15) is 14.9 Å². The monoisotopic (exact) mass is 388 g/mol. The normalized spacial score (nSPS) is 17.5. The summed E-state index contributed by atoms with van der Waals surface area (Å²) in [6.45, 7) is 2.49. The number of hydrogen-bond acceptors (Lipinski definition) is 5. The number of amides is 1. The van der Waals surface area contributed by atoms with Gasteiger partial charge in [-0.25, -0.2) is 0 Å². The highest BCUT2D eigenvalue weighted by Crippen LogP contribution is 2.28. The third kappa shape index (κ3) is 4.44. The molecule has 0 saturated carbocycles. The molecule has 8 heteroatoms. The van der Waals surface area contributed by atoms with Crippen molar-refractivity contribution in [1.29, 1.82) is 0 Å². The Balaban J connectivity index is 1.73. The predicted molar refractivity (Wildman–Crippen MR) is 105 cm³/mol. The average Bonchev–Trinajstić information content (AvgIpc) is 2.68. The van der Waals surface area contributed by atoms with Crippen molar-refractivity contribution in [2.24, 2.45) is 0 Å². The number of non-ortho nitro benzene ring substituents is 1. The molecule has 7 nitrogen and oxygen atoms in total. The minimum Gasteiger partial charge on any atom is -0.314 e. The molecule has 1 aliphatic rings. The Morgan fingerprint density at radius 1 is 1.30 bits per heavy atom. The number of rotatable bonds is 5. The Kier molecular flexibility index (Phi) is 6.05. The number of carbonyl (C=O) groups excluding carboxylic acids is 1. The lowest BCUT2D eigenvalue weighted by atomic mass is 10.0. The van der Waals surface area contributed by atoms with Gasteiger partial charge in [-0.1, -0.05) is 29.8 Å². The zero-order chi connectivity index (χ0) is 19.4. The number of halogens is 1. The summed E-state index contributed by atoms with van der Waals surface area (Å²) >= 11 is 6.35. The second kappa shape index (κ2) is 8.47. The lowest BCUT2D eigenvalue weighted by Crippen LogP contribution is -2.49. The average molecular weight is 389 g/mol. The first-order valence-electron chi connectivity index (χ1n) is 8.67. The minimum absolute atomic E-state index is 0.000451. The molecule has 0 spiro atoms. The molecule has 1 saturated heterocycles. The van der Waals surface area contributed by atoms with Crippen molar-refractivity contribution >= 4 is 28.9 Å². The van der Waals surface area contributed by atoms with E-state index in [0.717, 1.165) is 25.2 Å². The van der Waals surface area contributed by atoms with Crippen LogP contribution in [0.4, 0.5) is 11.4 Å². The van der Waals surface area contributed by atoms with Crippen molar-refractivity contribution in [2.45, 2.75) is 6.04 Å². The first kappa shape index (κ1) is 19.3. The third-order valence-corrected chi connectivity index (χ3v) is 5.12. The molecule has 1 heterocycles. The van der Waals surface area contributed by atoms with Crippen LogP contribution in [0, 0.1) is 10.1 Å². The Bertz CT molecular complexity index is 828. The number of nitrogens with zero attached hydrogens (tertiary/aromatic N) is 3. The molecule has 142 valence electrons. The quantitative estimate of drug-likeness (QED) is 0.629. The fourth-order valence-electron chi connectivity index (χ4n) is 3.21. The van der Waals surface area contributed by atoms with E-state index in [-0.39, 0.29) is 24.2 Å². The van der Waals surface area contributed by atoms with Crippen LogP contribution in [0.1, 0.15) is 11.6 Å². The zero-order valence-corrected chi connectivity index (χ0v) is 15.7. The molecule has 3 rings (SSSR count). The van der Waals surface area contributed by atoms with Crippen molar-refractivity contribution in [3.63, 3.8) is 0 Å². The van der Waals surface area contributed by atoms with E-state index in [1.807, 2.05) is 24.3 Å². The predicted octanol–water partition coefficient (Wildman–Crippen LogP) is 2.86. The SMILES string of the molecule is CN(C(=O)CN1CCNCC1c1ccccc1Cl)c1ccc([N+](=O)[O-])cc1. The second-order valence-electron chi connectivity index (χ2n) is 6.44. The smallest absolute Gasteiger partial charge is 0.269 e. The van der Waals surface area contributed by atoms with E-state index in [0.29, 0.717) is 10.7 Å². The van der Waals surface area contributed by atoms with Gasteiger partial charge in [0.1, 0.15) is 0 Å². The summed E-state index contributed by atoms with van der Waals surface area (Å²) in [6.07, 6.45) is 0. The molecule has 1 amide bonds. The van der Waals surface area contributed by atoms with Crippen LogP contribution in [-0.4, -0.2) is 49.0 Å². The number of hydrogen-bond donors (Lipinski definition) is 1. The molecule has 1 atom stereocenters. The van der Waals surface area contributed by atoms with Gasteiger partial charge in [0.25, 0.3) is 5.69 Å². The van der Waals surface area contributed by atoms with Gasteiger partial charge in [-0.2, -0.15) is 0 Å². The first-order valence-corrected chi connectivity index (χ1v) is 9.05. The van der Waals surface area contributed by atoms with Crippen molar-refractivity contribution < 1.29 is 9.72 Å². The number of carbonyl (C=O) groups is 1. The van der Waals surface area contributed by atoms with E-state index in [1.54, 1.807) is 19.2 Å². The van der Waals surface area contributed by atoms with Crippen LogP contribution in [0.25, 0.3) is 0 Å². The van der Waals surface area contributed by atoms with Gasteiger partial charge in [-0.15, -0.1) is 0 Å². The third-order valence-electron chi connectivity index (χ3n) is 4.78. The molecular formula is C19H21ClN4O3. The summed E-state index contributed by atoms with van der Waals surface area (Å²) in [4.78, 5) is 26.7. The standard InChI is InChI=1S/C19H21ClN4O3/c1-22(14-6-8-15(9-7-14)24(26)27)19(25)13-23-11-10-21-12-18(23)16-4-2-3-5-17(16)20/h2-9,18,21H,10-13H2,1H3. The van der Waals surface area contributed by atoms with Gasteiger partial charge in [-0.05, 0) is 23.8 Å². The van der Waals surface area contributed by atoms with Gasteiger partial charge in [0, 0.05) is 55.6 Å². The molecular weight excluding hydrogens is 368 g/mol. The summed E-state index contributed by atoms with van der Waals surface area (Å²) in [7, 11) is 1.68. The molecule has 1 aliphatic heterocycles.